The normalized spacial score (nSPS) is 10.9. The van der Waals surface area contributed by atoms with Crippen molar-refractivity contribution in [3.63, 3.8) is 0 Å². The predicted octanol–water partition coefficient (Wildman–Crippen LogP) is 2.33. The molecule has 23 heavy (non-hydrogen) atoms. The molecule has 3 aromatic rings. The van der Waals surface area contributed by atoms with Gasteiger partial charge in [0.05, 0.1) is 18.5 Å². The molecule has 118 valence electrons. The highest BCUT2D eigenvalue weighted by atomic mass is 32.1. The van der Waals surface area contributed by atoms with Crippen molar-refractivity contribution in [3.8, 4) is 10.8 Å². The van der Waals surface area contributed by atoms with Crippen molar-refractivity contribution >= 4 is 17.2 Å². The number of primary amides is 1. The van der Waals surface area contributed by atoms with Crippen LogP contribution in [0.15, 0.2) is 39.1 Å². The first-order valence-corrected chi connectivity index (χ1v) is 7.84. The largest absolute Gasteiger partial charge is 0.462 e. The second kappa shape index (κ2) is 5.85. The molecule has 0 atom stereocenters. The van der Waals surface area contributed by atoms with Gasteiger partial charge in [-0.25, -0.2) is 4.98 Å². The van der Waals surface area contributed by atoms with E-state index < -0.39 is 5.91 Å². The Hall–Kier alpha value is -2.67. The second-order valence-corrected chi connectivity index (χ2v) is 6.08. The number of hydrogen-bond acceptors (Lipinski definition) is 5. The Bertz CT molecular complexity index is 923. The minimum Gasteiger partial charge on any atom is -0.462 e. The van der Waals surface area contributed by atoms with Gasteiger partial charge in [-0.1, -0.05) is 0 Å². The van der Waals surface area contributed by atoms with Gasteiger partial charge in [0, 0.05) is 11.1 Å². The number of hydrogen-bond donors (Lipinski definition) is 1. The highest BCUT2D eigenvalue weighted by molar-refractivity contribution is 7.13. The van der Waals surface area contributed by atoms with Gasteiger partial charge in [0.15, 0.2) is 10.8 Å². The smallest absolute Gasteiger partial charge is 0.264 e. The van der Waals surface area contributed by atoms with E-state index in [2.05, 4.69) is 4.98 Å². The lowest BCUT2D eigenvalue weighted by Gasteiger charge is -2.12. The van der Waals surface area contributed by atoms with Gasteiger partial charge in [-0.3, -0.25) is 9.59 Å². The fourth-order valence-corrected chi connectivity index (χ4v) is 3.26. The van der Waals surface area contributed by atoms with E-state index in [1.165, 1.54) is 15.9 Å². The molecule has 1 amide bonds. The molecule has 3 aromatic heterocycles. The molecule has 0 saturated heterocycles. The summed E-state index contributed by atoms with van der Waals surface area (Å²) >= 11 is 1.44. The Morgan fingerprint density at radius 3 is 2.87 bits per heavy atom. The summed E-state index contributed by atoms with van der Waals surface area (Å²) in [5.74, 6) is -0.0251. The molecule has 0 unspecified atom stereocenters. The lowest BCUT2D eigenvalue weighted by Crippen LogP contribution is -2.32. The first-order valence-electron chi connectivity index (χ1n) is 6.96. The molecule has 6 nitrogen and oxygen atoms in total. The van der Waals surface area contributed by atoms with Crippen molar-refractivity contribution in [1.29, 1.82) is 0 Å². The summed E-state index contributed by atoms with van der Waals surface area (Å²) in [6, 6.07) is 5.41. The number of rotatable bonds is 4. The second-order valence-electron chi connectivity index (χ2n) is 5.22. The Morgan fingerprint density at radius 1 is 1.43 bits per heavy atom. The van der Waals surface area contributed by atoms with Crippen LogP contribution in [0.5, 0.6) is 0 Å². The van der Waals surface area contributed by atoms with Crippen molar-refractivity contribution < 1.29 is 9.21 Å². The van der Waals surface area contributed by atoms with Crippen LogP contribution in [-0.2, 0) is 6.54 Å². The van der Waals surface area contributed by atoms with E-state index >= 15 is 0 Å². The number of carbonyl (C=O) groups is 1. The third-order valence-corrected chi connectivity index (χ3v) is 4.46. The molecule has 0 aromatic carbocycles. The third kappa shape index (κ3) is 2.83. The van der Waals surface area contributed by atoms with E-state index in [0.29, 0.717) is 11.3 Å². The Morgan fingerprint density at radius 2 is 2.22 bits per heavy atom. The molecule has 0 spiro atoms. The number of aryl methyl sites for hydroxylation is 2. The first kappa shape index (κ1) is 15.2. The fourth-order valence-electron chi connectivity index (χ4n) is 2.48. The van der Waals surface area contributed by atoms with Crippen molar-refractivity contribution in [1.82, 2.24) is 9.55 Å². The van der Waals surface area contributed by atoms with Crippen LogP contribution < -0.4 is 11.3 Å². The lowest BCUT2D eigenvalue weighted by atomic mass is 10.1. The molecule has 3 rings (SSSR count). The van der Waals surface area contributed by atoms with Crippen LogP contribution in [0.2, 0.25) is 0 Å². The molecular formula is C16H15N3O3S. The Labute approximate surface area is 136 Å². The SMILES string of the molecule is Cc1cc(C)n(Cc2csc(-c3ccco3)n2)c(=O)c1C(N)=O. The standard InChI is InChI=1S/C16H15N3O3S/c1-9-6-10(2)19(16(21)13(9)14(17)20)7-11-8-23-15(18-11)12-4-3-5-22-12/h3-6,8H,7H2,1-2H3,(H2,17,20). The summed E-state index contributed by atoms with van der Waals surface area (Å²) in [4.78, 5) is 28.5. The van der Waals surface area contributed by atoms with E-state index in [-0.39, 0.29) is 17.7 Å². The number of amides is 1. The highest BCUT2D eigenvalue weighted by Crippen LogP contribution is 2.24. The van der Waals surface area contributed by atoms with E-state index in [1.54, 1.807) is 25.3 Å². The van der Waals surface area contributed by atoms with Crippen LogP contribution in [0, 0.1) is 13.8 Å². The van der Waals surface area contributed by atoms with E-state index in [9.17, 15) is 9.59 Å². The molecule has 0 aliphatic carbocycles. The zero-order valence-corrected chi connectivity index (χ0v) is 13.5. The van der Waals surface area contributed by atoms with Crippen molar-refractivity contribution in [3.05, 3.63) is 62.7 Å². The summed E-state index contributed by atoms with van der Waals surface area (Å²) in [6.45, 7) is 3.80. The van der Waals surface area contributed by atoms with Gasteiger partial charge < -0.3 is 14.7 Å². The minimum absolute atomic E-state index is 0.0251. The van der Waals surface area contributed by atoms with Gasteiger partial charge in [-0.15, -0.1) is 11.3 Å². The summed E-state index contributed by atoms with van der Waals surface area (Å²) < 4.78 is 6.82. The van der Waals surface area contributed by atoms with Crippen molar-refractivity contribution in [2.45, 2.75) is 20.4 Å². The van der Waals surface area contributed by atoms with Crippen LogP contribution in [0.4, 0.5) is 0 Å². The van der Waals surface area contributed by atoms with Gasteiger partial charge in [-0.2, -0.15) is 0 Å². The van der Waals surface area contributed by atoms with E-state index in [4.69, 9.17) is 10.2 Å². The maximum Gasteiger partial charge on any atom is 0.264 e. The topological polar surface area (TPSA) is 91.1 Å². The maximum absolute atomic E-state index is 12.5. The number of carbonyl (C=O) groups excluding carboxylic acids is 1. The lowest BCUT2D eigenvalue weighted by molar-refractivity contribution is 0.0997. The molecule has 2 N–H and O–H groups in total. The van der Waals surface area contributed by atoms with Gasteiger partial charge >= 0.3 is 0 Å². The summed E-state index contributed by atoms with van der Waals surface area (Å²) in [6.07, 6.45) is 1.59. The predicted molar refractivity (Wildman–Crippen MR) is 87.6 cm³/mol. The van der Waals surface area contributed by atoms with Crippen LogP contribution in [0.25, 0.3) is 10.8 Å². The Balaban J connectivity index is 1.99. The zero-order chi connectivity index (χ0) is 16.6. The molecule has 0 aliphatic heterocycles. The third-order valence-electron chi connectivity index (χ3n) is 3.55. The zero-order valence-electron chi connectivity index (χ0n) is 12.7. The average Bonchev–Trinajstić information content (AvgIpc) is 3.13. The van der Waals surface area contributed by atoms with Crippen LogP contribution >= 0.6 is 11.3 Å². The number of furan rings is 1. The van der Waals surface area contributed by atoms with Crippen LogP contribution in [0.3, 0.4) is 0 Å². The van der Waals surface area contributed by atoms with Crippen LogP contribution in [0.1, 0.15) is 27.3 Å². The summed E-state index contributed by atoms with van der Waals surface area (Å²) in [5.41, 5.74) is 7.03. The quantitative estimate of drug-likeness (QED) is 0.795. The highest BCUT2D eigenvalue weighted by Gasteiger charge is 2.16. The molecule has 0 aliphatic rings. The maximum atomic E-state index is 12.5. The number of pyridine rings is 1. The van der Waals surface area contributed by atoms with Gasteiger partial charge in [-0.05, 0) is 37.6 Å². The van der Waals surface area contributed by atoms with Crippen molar-refractivity contribution in [2.24, 2.45) is 5.73 Å². The average molecular weight is 329 g/mol. The number of nitrogens with two attached hydrogens (primary N) is 1. The summed E-state index contributed by atoms with van der Waals surface area (Å²) in [5, 5.41) is 2.62. The van der Waals surface area contributed by atoms with Crippen molar-refractivity contribution in [2.75, 3.05) is 0 Å². The van der Waals surface area contributed by atoms with E-state index in [1.807, 2.05) is 18.4 Å². The minimum atomic E-state index is -0.712. The van der Waals surface area contributed by atoms with Gasteiger partial charge in [0.25, 0.3) is 11.5 Å². The van der Waals surface area contributed by atoms with Gasteiger partial charge in [0.2, 0.25) is 0 Å². The Kier molecular flexibility index (Phi) is 3.87. The number of nitrogens with zero attached hydrogens (tertiary/aromatic N) is 2. The molecule has 0 radical (unpaired) electrons. The van der Waals surface area contributed by atoms with Crippen LogP contribution in [-0.4, -0.2) is 15.5 Å². The monoisotopic (exact) mass is 329 g/mol. The molecule has 0 fully saturated rings. The van der Waals surface area contributed by atoms with Gasteiger partial charge in [0.1, 0.15) is 5.56 Å². The molecule has 0 saturated carbocycles. The van der Waals surface area contributed by atoms with E-state index in [0.717, 1.165) is 16.4 Å². The molecule has 7 heteroatoms. The first-order chi connectivity index (χ1) is 11.0. The molecule has 3 heterocycles. The molecule has 0 bridgehead atoms. The fraction of sp³-hybridized carbons (Fsp3) is 0.188. The number of thiazole rings is 1. The number of aromatic nitrogens is 2. The molecular weight excluding hydrogens is 314 g/mol. The summed E-state index contributed by atoms with van der Waals surface area (Å²) in [7, 11) is 0.